The number of aromatic carboxylic acids is 1. The fraction of sp³-hybridized carbons (Fsp3) is 0.200. The molecule has 38 heavy (non-hydrogen) atoms. The van der Waals surface area contributed by atoms with Gasteiger partial charge in [0.15, 0.2) is 0 Å². The second-order valence-electron chi connectivity index (χ2n) is 9.74. The van der Waals surface area contributed by atoms with Gasteiger partial charge in [0.25, 0.3) is 0 Å². The van der Waals surface area contributed by atoms with Crippen molar-refractivity contribution in [2.24, 2.45) is 11.7 Å². The molecule has 0 spiro atoms. The Bertz CT molecular complexity index is 1530. The highest BCUT2D eigenvalue weighted by Gasteiger charge is 2.38. The average molecular weight is 520 g/mol. The molecule has 0 radical (unpaired) electrons. The van der Waals surface area contributed by atoms with Gasteiger partial charge < -0.3 is 15.9 Å². The lowest BCUT2D eigenvalue weighted by molar-refractivity contribution is -0.142. The number of benzene rings is 4. The number of carboxylic acid groups (broad SMARTS) is 2. The zero-order valence-corrected chi connectivity index (χ0v) is 20.1. The summed E-state index contributed by atoms with van der Waals surface area (Å²) in [5.41, 5.74) is 8.92. The van der Waals surface area contributed by atoms with Crippen LogP contribution < -0.4 is 5.73 Å². The standard InChI is InChI=1S/C30H24F3NO4/c31-30(32,33)22-8-5-16(6-9-22)19-7-10-24-20(11-19)12-21(28(35)36)13-25(24)17-1-3-18(4-2-17)26-14-23(34)15-27(26)29(37)38/h1-13,23,26-27H,14-15,34H2,(H,35,36)(H,37,38)/t23-,26+,27-/m1/s1. The summed E-state index contributed by atoms with van der Waals surface area (Å²) in [6, 6.07) is 20.6. The molecule has 8 heteroatoms. The van der Waals surface area contributed by atoms with Crippen molar-refractivity contribution in [1.29, 1.82) is 0 Å². The quantitative estimate of drug-likeness (QED) is 0.269. The van der Waals surface area contributed by atoms with Gasteiger partial charge in [0.05, 0.1) is 17.0 Å². The van der Waals surface area contributed by atoms with E-state index in [4.69, 9.17) is 5.73 Å². The lowest BCUT2D eigenvalue weighted by Crippen LogP contribution is -2.18. The van der Waals surface area contributed by atoms with E-state index in [1.807, 2.05) is 30.3 Å². The molecule has 0 unspecified atom stereocenters. The molecule has 3 atom stereocenters. The molecule has 4 aromatic rings. The van der Waals surface area contributed by atoms with Crippen molar-refractivity contribution in [3.63, 3.8) is 0 Å². The molecule has 5 rings (SSSR count). The summed E-state index contributed by atoms with van der Waals surface area (Å²) in [5.74, 6) is -2.70. The van der Waals surface area contributed by atoms with Crippen molar-refractivity contribution in [2.75, 3.05) is 0 Å². The van der Waals surface area contributed by atoms with Gasteiger partial charge in [0.2, 0.25) is 0 Å². The number of halogens is 3. The van der Waals surface area contributed by atoms with Crippen molar-refractivity contribution in [3.8, 4) is 22.3 Å². The van der Waals surface area contributed by atoms with Crippen LogP contribution in [0.2, 0.25) is 0 Å². The van der Waals surface area contributed by atoms with Gasteiger partial charge in [-0.15, -0.1) is 0 Å². The molecule has 0 heterocycles. The smallest absolute Gasteiger partial charge is 0.416 e. The van der Waals surface area contributed by atoms with Gasteiger partial charge in [0, 0.05) is 6.04 Å². The van der Waals surface area contributed by atoms with Crippen LogP contribution in [-0.2, 0) is 11.0 Å². The predicted molar refractivity (Wildman–Crippen MR) is 138 cm³/mol. The fourth-order valence-electron chi connectivity index (χ4n) is 5.39. The third-order valence-electron chi connectivity index (χ3n) is 7.31. The van der Waals surface area contributed by atoms with Crippen molar-refractivity contribution < 1.29 is 33.0 Å². The molecule has 4 N–H and O–H groups in total. The Morgan fingerprint density at radius 2 is 1.42 bits per heavy atom. The molecule has 0 aromatic heterocycles. The van der Waals surface area contributed by atoms with Crippen molar-refractivity contribution in [2.45, 2.75) is 31.0 Å². The molecule has 0 amide bonds. The monoisotopic (exact) mass is 519 g/mol. The Hall–Kier alpha value is -4.17. The molecule has 0 saturated heterocycles. The summed E-state index contributed by atoms with van der Waals surface area (Å²) in [6.07, 6.45) is -3.42. The van der Waals surface area contributed by atoms with E-state index in [1.54, 1.807) is 24.3 Å². The Kier molecular flexibility index (Phi) is 6.44. The first-order chi connectivity index (χ1) is 18.0. The third-order valence-corrected chi connectivity index (χ3v) is 7.31. The number of carbonyl (C=O) groups is 2. The number of aliphatic carboxylic acids is 1. The van der Waals surface area contributed by atoms with Crippen LogP contribution in [0.25, 0.3) is 33.0 Å². The van der Waals surface area contributed by atoms with Crippen LogP contribution >= 0.6 is 0 Å². The average Bonchev–Trinajstić information content (AvgIpc) is 3.29. The molecule has 194 valence electrons. The van der Waals surface area contributed by atoms with E-state index in [9.17, 15) is 33.0 Å². The largest absolute Gasteiger partial charge is 0.481 e. The molecule has 5 nitrogen and oxygen atoms in total. The van der Waals surface area contributed by atoms with Gasteiger partial charge in [-0.3, -0.25) is 4.79 Å². The number of carboxylic acids is 2. The third kappa shape index (κ3) is 4.87. The molecule has 0 aliphatic heterocycles. The minimum Gasteiger partial charge on any atom is -0.481 e. The molecule has 4 aromatic carbocycles. The summed E-state index contributed by atoms with van der Waals surface area (Å²) in [7, 11) is 0. The van der Waals surface area contributed by atoms with E-state index < -0.39 is 29.6 Å². The van der Waals surface area contributed by atoms with Crippen molar-refractivity contribution in [3.05, 3.63) is 95.6 Å². The van der Waals surface area contributed by atoms with E-state index in [1.165, 1.54) is 12.1 Å². The topological polar surface area (TPSA) is 101 Å². The molecular weight excluding hydrogens is 495 g/mol. The summed E-state index contributed by atoms with van der Waals surface area (Å²) >= 11 is 0. The lowest BCUT2D eigenvalue weighted by atomic mass is 9.87. The number of rotatable bonds is 5. The molecule has 1 saturated carbocycles. The van der Waals surface area contributed by atoms with Gasteiger partial charge in [-0.1, -0.05) is 48.5 Å². The maximum absolute atomic E-state index is 13.0. The van der Waals surface area contributed by atoms with E-state index in [0.717, 1.165) is 28.6 Å². The van der Waals surface area contributed by atoms with E-state index >= 15 is 0 Å². The first kappa shape index (κ1) is 25.5. The van der Waals surface area contributed by atoms with Crippen LogP contribution in [0.1, 0.15) is 40.2 Å². The Morgan fingerprint density at radius 3 is 2.03 bits per heavy atom. The van der Waals surface area contributed by atoms with Crippen LogP contribution in [0.3, 0.4) is 0 Å². The molecule has 0 bridgehead atoms. The number of nitrogens with two attached hydrogens (primary N) is 1. The number of alkyl halides is 3. The predicted octanol–water partition coefficient (Wildman–Crippen LogP) is 6.80. The second kappa shape index (κ2) is 9.61. The highest BCUT2D eigenvalue weighted by atomic mass is 19.4. The normalized spacial score (nSPS) is 19.5. The van der Waals surface area contributed by atoms with Gasteiger partial charge in [-0.2, -0.15) is 13.2 Å². The maximum Gasteiger partial charge on any atom is 0.416 e. The van der Waals surface area contributed by atoms with Crippen LogP contribution in [0.5, 0.6) is 0 Å². The first-order valence-corrected chi connectivity index (χ1v) is 12.1. The highest BCUT2D eigenvalue weighted by molar-refractivity contribution is 6.04. The molecular formula is C30H24F3NO4. The maximum atomic E-state index is 13.0. The zero-order valence-electron chi connectivity index (χ0n) is 20.1. The van der Waals surface area contributed by atoms with Crippen LogP contribution in [0, 0.1) is 5.92 Å². The molecule has 1 aliphatic carbocycles. The molecule has 1 fully saturated rings. The van der Waals surface area contributed by atoms with E-state index in [0.29, 0.717) is 34.9 Å². The van der Waals surface area contributed by atoms with E-state index in [2.05, 4.69) is 0 Å². The van der Waals surface area contributed by atoms with Crippen LogP contribution in [0.15, 0.2) is 78.9 Å². The zero-order chi connectivity index (χ0) is 27.2. The SMILES string of the molecule is N[C@H]1C[C@@H](C(=O)O)[C@H](c2ccc(-c3cc(C(=O)O)cc4cc(-c5ccc(C(F)(F)F)cc5)ccc34)cc2)C1. The van der Waals surface area contributed by atoms with Crippen LogP contribution in [-0.4, -0.2) is 28.2 Å². The second-order valence-corrected chi connectivity index (χ2v) is 9.74. The summed E-state index contributed by atoms with van der Waals surface area (Å²) in [4.78, 5) is 23.6. The number of hydrogen-bond acceptors (Lipinski definition) is 3. The summed E-state index contributed by atoms with van der Waals surface area (Å²) in [5, 5.41) is 20.7. The Labute approximate surface area is 216 Å². The van der Waals surface area contributed by atoms with Gasteiger partial charge in [0.1, 0.15) is 0 Å². The Morgan fingerprint density at radius 1 is 0.789 bits per heavy atom. The fourth-order valence-corrected chi connectivity index (χ4v) is 5.39. The highest BCUT2D eigenvalue weighted by Crippen LogP contribution is 2.41. The van der Waals surface area contributed by atoms with Crippen LogP contribution in [0.4, 0.5) is 13.2 Å². The van der Waals surface area contributed by atoms with Crippen molar-refractivity contribution >= 4 is 22.7 Å². The Balaban J connectivity index is 1.54. The van der Waals surface area contributed by atoms with E-state index in [-0.39, 0.29) is 17.5 Å². The summed E-state index contributed by atoms with van der Waals surface area (Å²) in [6.45, 7) is 0. The van der Waals surface area contributed by atoms with Gasteiger partial charge in [-0.05, 0) is 87.7 Å². The van der Waals surface area contributed by atoms with Gasteiger partial charge in [-0.25, -0.2) is 4.79 Å². The minimum absolute atomic E-state index is 0.0776. The first-order valence-electron chi connectivity index (χ1n) is 12.1. The molecule has 1 aliphatic rings. The van der Waals surface area contributed by atoms with Crippen molar-refractivity contribution in [1.82, 2.24) is 0 Å². The van der Waals surface area contributed by atoms with Gasteiger partial charge >= 0.3 is 18.1 Å². The summed E-state index contributed by atoms with van der Waals surface area (Å²) < 4.78 is 38.9. The number of hydrogen-bond donors (Lipinski definition) is 3. The number of fused-ring (bicyclic) bond motifs is 1. The minimum atomic E-state index is -4.43. The lowest BCUT2D eigenvalue weighted by Gasteiger charge is -2.17.